The summed E-state index contributed by atoms with van der Waals surface area (Å²) in [6.07, 6.45) is 1.11. The Bertz CT molecular complexity index is 315. The van der Waals surface area contributed by atoms with E-state index >= 15 is 0 Å². The van der Waals surface area contributed by atoms with Gasteiger partial charge in [0.25, 0.3) is 0 Å². The first-order valence-corrected chi connectivity index (χ1v) is 6.24. The van der Waals surface area contributed by atoms with Crippen molar-refractivity contribution in [3.05, 3.63) is 17.5 Å². The monoisotopic (exact) mass is 223 g/mol. The van der Waals surface area contributed by atoms with Crippen LogP contribution in [0, 0.1) is 18.8 Å². The van der Waals surface area contributed by atoms with Crippen molar-refractivity contribution >= 4 is 0 Å². The highest BCUT2D eigenvalue weighted by atomic mass is 15.3. The van der Waals surface area contributed by atoms with Crippen LogP contribution in [0.15, 0.2) is 6.07 Å². The molecule has 1 aromatic heterocycles. The normalized spacial score (nSPS) is 13.4. The van der Waals surface area contributed by atoms with Gasteiger partial charge in [0.1, 0.15) is 0 Å². The molecule has 0 aromatic carbocycles. The molecule has 0 saturated heterocycles. The van der Waals surface area contributed by atoms with E-state index in [-0.39, 0.29) is 0 Å². The molecular weight excluding hydrogens is 198 g/mol. The van der Waals surface area contributed by atoms with E-state index in [0.29, 0.717) is 11.8 Å². The van der Waals surface area contributed by atoms with Crippen LogP contribution in [0.1, 0.15) is 32.2 Å². The van der Waals surface area contributed by atoms with Gasteiger partial charge in [0.15, 0.2) is 0 Å². The molecule has 1 unspecified atom stereocenters. The van der Waals surface area contributed by atoms with Gasteiger partial charge in [0, 0.05) is 12.7 Å². The van der Waals surface area contributed by atoms with Crippen molar-refractivity contribution in [1.29, 1.82) is 0 Å². The maximum Gasteiger partial charge on any atom is 0.0596 e. The van der Waals surface area contributed by atoms with Gasteiger partial charge in [0.05, 0.1) is 5.69 Å². The van der Waals surface area contributed by atoms with Crippen molar-refractivity contribution in [1.82, 2.24) is 15.1 Å². The molecule has 3 nitrogen and oxygen atoms in total. The Balaban J connectivity index is 2.64. The van der Waals surface area contributed by atoms with Crippen molar-refractivity contribution < 1.29 is 0 Å². The molecular formula is C13H25N3. The third-order valence-corrected chi connectivity index (χ3v) is 3.17. The molecule has 1 N–H and O–H groups in total. The summed E-state index contributed by atoms with van der Waals surface area (Å²) < 4.78 is 2.01. The van der Waals surface area contributed by atoms with Gasteiger partial charge < -0.3 is 5.32 Å². The van der Waals surface area contributed by atoms with Crippen LogP contribution in [0.25, 0.3) is 0 Å². The van der Waals surface area contributed by atoms with E-state index < -0.39 is 0 Å². The van der Waals surface area contributed by atoms with Crippen LogP contribution in [0.4, 0.5) is 0 Å². The van der Waals surface area contributed by atoms with Gasteiger partial charge in [-0.1, -0.05) is 20.8 Å². The number of aryl methyl sites for hydroxylation is 2. The standard InChI is InChI=1S/C13H25N3/c1-6-14-9-12(10(2)3)8-13-7-11(4)15-16(13)5/h7,10,12,14H,6,8-9H2,1-5H3. The average Bonchev–Trinajstić information content (AvgIpc) is 2.51. The molecule has 1 heterocycles. The topological polar surface area (TPSA) is 29.9 Å². The fraction of sp³-hybridized carbons (Fsp3) is 0.769. The van der Waals surface area contributed by atoms with E-state index in [9.17, 15) is 0 Å². The summed E-state index contributed by atoms with van der Waals surface area (Å²) in [6, 6.07) is 2.20. The molecule has 1 aromatic rings. The maximum atomic E-state index is 4.40. The van der Waals surface area contributed by atoms with Crippen molar-refractivity contribution in [2.45, 2.75) is 34.1 Å². The number of nitrogens with zero attached hydrogens (tertiary/aromatic N) is 2. The molecule has 16 heavy (non-hydrogen) atoms. The minimum atomic E-state index is 0.690. The predicted molar refractivity (Wildman–Crippen MR) is 68.5 cm³/mol. The Hall–Kier alpha value is -0.830. The smallest absolute Gasteiger partial charge is 0.0596 e. The van der Waals surface area contributed by atoms with Crippen molar-refractivity contribution in [2.75, 3.05) is 13.1 Å². The number of rotatable bonds is 6. The van der Waals surface area contributed by atoms with Crippen LogP contribution in [0.2, 0.25) is 0 Å². The minimum Gasteiger partial charge on any atom is -0.317 e. The summed E-state index contributed by atoms with van der Waals surface area (Å²) in [5.74, 6) is 1.39. The Morgan fingerprint density at radius 1 is 1.44 bits per heavy atom. The molecule has 92 valence electrons. The van der Waals surface area contributed by atoms with Crippen LogP contribution < -0.4 is 5.32 Å². The van der Waals surface area contributed by atoms with E-state index in [1.165, 1.54) is 5.69 Å². The van der Waals surface area contributed by atoms with Crippen LogP contribution in [0.5, 0.6) is 0 Å². The van der Waals surface area contributed by atoms with Crippen LogP contribution in [-0.2, 0) is 13.5 Å². The predicted octanol–water partition coefficient (Wildman–Crippen LogP) is 2.15. The average molecular weight is 223 g/mol. The van der Waals surface area contributed by atoms with Gasteiger partial charge in [-0.15, -0.1) is 0 Å². The Labute approximate surface area is 99.2 Å². The Kier molecular flexibility index (Phi) is 5.00. The highest BCUT2D eigenvalue weighted by Gasteiger charge is 2.15. The minimum absolute atomic E-state index is 0.690. The largest absolute Gasteiger partial charge is 0.317 e. The highest BCUT2D eigenvalue weighted by Crippen LogP contribution is 2.17. The van der Waals surface area contributed by atoms with Gasteiger partial charge >= 0.3 is 0 Å². The van der Waals surface area contributed by atoms with Crippen LogP contribution >= 0.6 is 0 Å². The fourth-order valence-electron chi connectivity index (χ4n) is 2.00. The van der Waals surface area contributed by atoms with E-state index in [1.54, 1.807) is 0 Å². The summed E-state index contributed by atoms with van der Waals surface area (Å²) in [5.41, 5.74) is 2.46. The molecule has 3 heteroatoms. The third kappa shape index (κ3) is 3.63. The fourth-order valence-corrected chi connectivity index (χ4v) is 2.00. The highest BCUT2D eigenvalue weighted by molar-refractivity contribution is 5.09. The van der Waals surface area contributed by atoms with Crippen molar-refractivity contribution in [2.24, 2.45) is 18.9 Å². The van der Waals surface area contributed by atoms with Crippen molar-refractivity contribution in [3.63, 3.8) is 0 Å². The summed E-state index contributed by atoms with van der Waals surface area (Å²) >= 11 is 0. The summed E-state index contributed by atoms with van der Waals surface area (Å²) in [5, 5.41) is 7.85. The third-order valence-electron chi connectivity index (χ3n) is 3.17. The first-order chi connectivity index (χ1) is 7.54. The van der Waals surface area contributed by atoms with Crippen LogP contribution in [0.3, 0.4) is 0 Å². The Morgan fingerprint density at radius 3 is 2.56 bits per heavy atom. The van der Waals surface area contributed by atoms with Gasteiger partial charge in [0.2, 0.25) is 0 Å². The lowest BCUT2D eigenvalue weighted by atomic mass is 9.91. The second-order valence-corrected chi connectivity index (χ2v) is 4.92. The Morgan fingerprint density at radius 2 is 2.12 bits per heavy atom. The quantitative estimate of drug-likeness (QED) is 0.801. The molecule has 0 radical (unpaired) electrons. The second kappa shape index (κ2) is 6.04. The summed E-state index contributed by atoms with van der Waals surface area (Å²) in [4.78, 5) is 0. The first kappa shape index (κ1) is 13.2. The molecule has 0 spiro atoms. The van der Waals surface area contributed by atoms with E-state index in [2.05, 4.69) is 44.2 Å². The van der Waals surface area contributed by atoms with E-state index in [1.807, 2.05) is 11.7 Å². The molecule has 0 fully saturated rings. The molecule has 0 aliphatic carbocycles. The van der Waals surface area contributed by atoms with E-state index in [0.717, 1.165) is 25.2 Å². The number of hydrogen-bond donors (Lipinski definition) is 1. The lowest BCUT2D eigenvalue weighted by Crippen LogP contribution is -2.28. The molecule has 0 aliphatic rings. The molecule has 1 rings (SSSR count). The van der Waals surface area contributed by atoms with Gasteiger partial charge in [-0.25, -0.2) is 0 Å². The SMILES string of the molecule is CCNCC(Cc1cc(C)nn1C)C(C)C. The summed E-state index contributed by atoms with van der Waals surface area (Å²) in [7, 11) is 2.03. The zero-order valence-electron chi connectivity index (χ0n) is 11.2. The van der Waals surface area contributed by atoms with E-state index in [4.69, 9.17) is 0 Å². The first-order valence-electron chi connectivity index (χ1n) is 6.24. The molecule has 1 atom stereocenters. The number of aromatic nitrogens is 2. The zero-order chi connectivity index (χ0) is 12.1. The van der Waals surface area contributed by atoms with Gasteiger partial charge in [-0.05, 0) is 44.3 Å². The molecule has 0 aliphatic heterocycles. The molecule has 0 saturated carbocycles. The lowest BCUT2D eigenvalue weighted by molar-refractivity contribution is 0.356. The van der Waals surface area contributed by atoms with Gasteiger partial charge in [-0.3, -0.25) is 4.68 Å². The van der Waals surface area contributed by atoms with Gasteiger partial charge in [-0.2, -0.15) is 5.10 Å². The lowest BCUT2D eigenvalue weighted by Gasteiger charge is -2.21. The van der Waals surface area contributed by atoms with Crippen LogP contribution in [-0.4, -0.2) is 22.9 Å². The molecule has 0 bridgehead atoms. The summed E-state index contributed by atoms with van der Waals surface area (Å²) in [6.45, 7) is 11.0. The molecule has 0 amide bonds. The zero-order valence-corrected chi connectivity index (χ0v) is 11.2. The number of hydrogen-bond acceptors (Lipinski definition) is 2. The second-order valence-electron chi connectivity index (χ2n) is 4.92. The number of nitrogens with one attached hydrogen (secondary N) is 1. The maximum absolute atomic E-state index is 4.40. The van der Waals surface area contributed by atoms with Crippen molar-refractivity contribution in [3.8, 4) is 0 Å².